The minimum atomic E-state index is -0.270. The first-order valence-corrected chi connectivity index (χ1v) is 10.9. The number of nitrogen functional groups attached to an aromatic ring is 1. The molecule has 162 valence electrons. The van der Waals surface area contributed by atoms with E-state index in [0.717, 1.165) is 16.7 Å². The normalized spacial score (nSPS) is 13.6. The molecular formula is C22H20N6O3S. The molecule has 1 fully saturated rings. The molecule has 10 heteroatoms. The second-order valence-electron chi connectivity index (χ2n) is 7.46. The fourth-order valence-electron chi connectivity index (χ4n) is 3.38. The number of ether oxygens (including phenoxy) is 1. The van der Waals surface area contributed by atoms with E-state index in [1.807, 2.05) is 35.7 Å². The van der Waals surface area contributed by atoms with Crippen LogP contribution in [0.4, 0.5) is 5.95 Å². The molecule has 4 heterocycles. The molecule has 0 aliphatic carbocycles. The summed E-state index contributed by atoms with van der Waals surface area (Å²) >= 11 is 1.34. The van der Waals surface area contributed by atoms with Crippen LogP contribution < -0.4 is 16.4 Å². The van der Waals surface area contributed by atoms with E-state index in [2.05, 4.69) is 20.7 Å². The van der Waals surface area contributed by atoms with Crippen LogP contribution in [0.2, 0.25) is 0 Å². The molecule has 0 spiro atoms. The van der Waals surface area contributed by atoms with Crippen molar-refractivity contribution in [1.82, 2.24) is 25.2 Å². The van der Waals surface area contributed by atoms with Gasteiger partial charge in [-0.2, -0.15) is 4.98 Å². The van der Waals surface area contributed by atoms with Crippen LogP contribution in [0.25, 0.3) is 16.8 Å². The summed E-state index contributed by atoms with van der Waals surface area (Å²) in [5.74, 6) is -0.345. The zero-order chi connectivity index (χ0) is 22.1. The number of nitrogens with two attached hydrogens (primary N) is 1. The molecule has 1 aromatic carbocycles. The summed E-state index contributed by atoms with van der Waals surface area (Å²) in [6, 6.07) is 13.2. The summed E-state index contributed by atoms with van der Waals surface area (Å²) in [6.07, 6.45) is 1.75. The highest BCUT2D eigenvalue weighted by molar-refractivity contribution is 7.12. The summed E-state index contributed by atoms with van der Waals surface area (Å²) in [7, 11) is 0. The first kappa shape index (κ1) is 20.2. The first-order valence-electron chi connectivity index (χ1n) is 10.0. The fraction of sp³-hybridized carbons (Fsp3) is 0.182. The van der Waals surface area contributed by atoms with E-state index in [4.69, 9.17) is 10.5 Å². The summed E-state index contributed by atoms with van der Waals surface area (Å²) in [5, 5.41) is 11.9. The zero-order valence-electron chi connectivity index (χ0n) is 16.9. The lowest BCUT2D eigenvalue weighted by atomic mass is 10.1. The molecule has 4 N–H and O–H groups in total. The van der Waals surface area contributed by atoms with E-state index in [1.54, 1.807) is 18.3 Å². The number of fused-ring (bicyclic) bond motifs is 1. The monoisotopic (exact) mass is 448 g/mol. The molecule has 0 unspecified atom stereocenters. The van der Waals surface area contributed by atoms with E-state index >= 15 is 0 Å². The van der Waals surface area contributed by atoms with Gasteiger partial charge in [-0.15, -0.1) is 16.4 Å². The predicted octanol–water partition coefficient (Wildman–Crippen LogP) is 2.10. The maximum atomic E-state index is 12.8. The van der Waals surface area contributed by atoms with Crippen LogP contribution in [0, 0.1) is 0 Å². The van der Waals surface area contributed by atoms with Crippen LogP contribution in [0.5, 0.6) is 0 Å². The Hall–Kier alpha value is -3.76. The molecule has 9 nitrogen and oxygen atoms in total. The number of anilines is 1. The minimum absolute atomic E-state index is 0.0208. The molecule has 0 atom stereocenters. The lowest BCUT2D eigenvalue weighted by molar-refractivity contribution is -0.00344. The molecule has 2 amide bonds. The van der Waals surface area contributed by atoms with Gasteiger partial charge in [0.25, 0.3) is 11.8 Å². The lowest BCUT2D eigenvalue weighted by Crippen LogP contribution is -2.48. The molecule has 5 rings (SSSR count). The fourth-order valence-corrected chi connectivity index (χ4v) is 4.21. The van der Waals surface area contributed by atoms with Crippen molar-refractivity contribution >= 4 is 34.7 Å². The summed E-state index contributed by atoms with van der Waals surface area (Å²) < 4.78 is 6.61. The highest BCUT2D eigenvalue weighted by Gasteiger charge is 2.24. The van der Waals surface area contributed by atoms with E-state index < -0.39 is 0 Å². The highest BCUT2D eigenvalue weighted by Crippen LogP contribution is 2.28. The number of nitrogens with zero attached hydrogens (tertiary/aromatic N) is 3. The maximum Gasteiger partial charge on any atom is 0.261 e. The summed E-state index contributed by atoms with van der Waals surface area (Å²) in [4.78, 5) is 30.2. The zero-order valence-corrected chi connectivity index (χ0v) is 17.8. The third kappa shape index (κ3) is 4.05. The van der Waals surface area contributed by atoms with Crippen molar-refractivity contribution in [3.8, 4) is 11.1 Å². The van der Waals surface area contributed by atoms with Crippen LogP contribution in [0.3, 0.4) is 0 Å². The number of amides is 2. The van der Waals surface area contributed by atoms with Crippen molar-refractivity contribution in [3.05, 3.63) is 70.0 Å². The molecule has 3 aromatic heterocycles. The van der Waals surface area contributed by atoms with Crippen LogP contribution >= 0.6 is 11.3 Å². The molecule has 1 aliphatic rings. The van der Waals surface area contributed by atoms with Gasteiger partial charge in [0.15, 0.2) is 5.65 Å². The van der Waals surface area contributed by atoms with Gasteiger partial charge in [-0.1, -0.05) is 30.3 Å². The van der Waals surface area contributed by atoms with Crippen LogP contribution in [0.1, 0.15) is 25.6 Å². The SMILES string of the molecule is Nc1nc2c(C(=O)NC3COC3)cc(-c3csc(C(=O)NCc4ccccc4)c3)cn2n1. The summed E-state index contributed by atoms with van der Waals surface area (Å²) in [6.45, 7) is 1.43. The van der Waals surface area contributed by atoms with Gasteiger partial charge in [0, 0.05) is 18.3 Å². The molecule has 0 radical (unpaired) electrons. The average Bonchev–Trinajstić information content (AvgIpc) is 3.40. The van der Waals surface area contributed by atoms with Crippen LogP contribution in [-0.2, 0) is 11.3 Å². The van der Waals surface area contributed by atoms with Crippen molar-refractivity contribution in [2.24, 2.45) is 0 Å². The molecule has 1 aliphatic heterocycles. The van der Waals surface area contributed by atoms with Gasteiger partial charge in [0.1, 0.15) is 0 Å². The number of thiophene rings is 1. The van der Waals surface area contributed by atoms with E-state index in [1.165, 1.54) is 15.9 Å². The predicted molar refractivity (Wildman–Crippen MR) is 120 cm³/mol. The van der Waals surface area contributed by atoms with Gasteiger partial charge in [0.2, 0.25) is 5.95 Å². The third-order valence-electron chi connectivity index (χ3n) is 5.12. The Kier molecular flexibility index (Phi) is 5.29. The van der Waals surface area contributed by atoms with Gasteiger partial charge >= 0.3 is 0 Å². The highest BCUT2D eigenvalue weighted by atomic mass is 32.1. The van der Waals surface area contributed by atoms with Crippen LogP contribution in [-0.4, -0.2) is 45.7 Å². The van der Waals surface area contributed by atoms with Crippen molar-refractivity contribution in [2.75, 3.05) is 18.9 Å². The Morgan fingerprint density at radius 3 is 2.72 bits per heavy atom. The number of hydrogen-bond acceptors (Lipinski definition) is 7. The number of benzene rings is 1. The first-order chi connectivity index (χ1) is 15.6. The van der Waals surface area contributed by atoms with Crippen molar-refractivity contribution in [3.63, 3.8) is 0 Å². The van der Waals surface area contributed by atoms with E-state index in [-0.39, 0.29) is 23.8 Å². The summed E-state index contributed by atoms with van der Waals surface area (Å²) in [5.41, 5.74) is 9.06. The third-order valence-corrected chi connectivity index (χ3v) is 6.05. The Morgan fingerprint density at radius 1 is 1.16 bits per heavy atom. The Morgan fingerprint density at radius 2 is 1.97 bits per heavy atom. The maximum absolute atomic E-state index is 12.8. The largest absolute Gasteiger partial charge is 0.377 e. The smallest absolute Gasteiger partial charge is 0.261 e. The van der Waals surface area contributed by atoms with Crippen molar-refractivity contribution in [1.29, 1.82) is 0 Å². The number of nitrogens with one attached hydrogen (secondary N) is 2. The van der Waals surface area contributed by atoms with Gasteiger partial charge in [0.05, 0.1) is 29.7 Å². The van der Waals surface area contributed by atoms with Crippen LogP contribution in [0.15, 0.2) is 54.0 Å². The van der Waals surface area contributed by atoms with Gasteiger partial charge in [-0.25, -0.2) is 4.52 Å². The van der Waals surface area contributed by atoms with E-state index in [0.29, 0.717) is 35.8 Å². The van der Waals surface area contributed by atoms with Gasteiger partial charge in [-0.05, 0) is 28.6 Å². The molecular weight excluding hydrogens is 428 g/mol. The molecule has 0 saturated carbocycles. The van der Waals surface area contributed by atoms with E-state index in [9.17, 15) is 9.59 Å². The number of rotatable bonds is 6. The minimum Gasteiger partial charge on any atom is -0.377 e. The van der Waals surface area contributed by atoms with Gasteiger partial charge in [-0.3, -0.25) is 9.59 Å². The molecule has 1 saturated heterocycles. The lowest BCUT2D eigenvalue weighted by Gasteiger charge is -2.26. The number of hydrogen-bond donors (Lipinski definition) is 3. The second-order valence-corrected chi connectivity index (χ2v) is 8.37. The number of pyridine rings is 1. The van der Waals surface area contributed by atoms with Gasteiger partial charge < -0.3 is 21.1 Å². The molecule has 0 bridgehead atoms. The average molecular weight is 449 g/mol. The van der Waals surface area contributed by atoms with Crippen molar-refractivity contribution < 1.29 is 14.3 Å². The molecule has 4 aromatic rings. The Balaban J connectivity index is 1.40. The Bertz CT molecular complexity index is 1300. The number of carbonyl (C=O) groups excluding carboxylic acids is 2. The quantitative estimate of drug-likeness (QED) is 0.415. The second kappa shape index (κ2) is 8.40. The number of aromatic nitrogens is 3. The molecule has 32 heavy (non-hydrogen) atoms. The van der Waals surface area contributed by atoms with Crippen molar-refractivity contribution in [2.45, 2.75) is 12.6 Å². The topological polar surface area (TPSA) is 124 Å². The number of carbonyl (C=O) groups is 2. The Labute approximate surface area is 187 Å². The standard InChI is InChI=1S/C22H20N6O3S/c23-22-26-19-17(20(29)25-16-10-31-11-16)6-14(9-28(19)27-22)15-7-18(32-12-15)21(30)24-8-13-4-2-1-3-5-13/h1-7,9,12,16H,8,10-11H2,(H2,23,27)(H,24,30)(H,25,29).